The molecule has 0 radical (unpaired) electrons. The van der Waals surface area contributed by atoms with E-state index in [1.54, 1.807) is 6.92 Å². The van der Waals surface area contributed by atoms with E-state index in [0.717, 1.165) is 6.20 Å². The Balaban J connectivity index is 3.40. The number of anilines is 1. The smallest absolute Gasteiger partial charge is 0.344 e. The van der Waals surface area contributed by atoms with Crippen molar-refractivity contribution in [1.29, 1.82) is 0 Å². The van der Waals surface area contributed by atoms with E-state index in [1.807, 2.05) is 0 Å². The van der Waals surface area contributed by atoms with E-state index >= 15 is 0 Å². The van der Waals surface area contributed by atoms with Crippen molar-refractivity contribution in [2.24, 2.45) is 0 Å². The van der Waals surface area contributed by atoms with Gasteiger partial charge in [0.25, 0.3) is 6.43 Å². The van der Waals surface area contributed by atoms with Gasteiger partial charge in [0, 0.05) is 0 Å². The lowest BCUT2D eigenvalue weighted by atomic mass is 10.1. The van der Waals surface area contributed by atoms with Crippen LogP contribution in [0.25, 0.3) is 0 Å². The maximum atomic E-state index is 12.8. The first kappa shape index (κ1) is 13.1. The number of halogens is 2. The summed E-state index contributed by atoms with van der Waals surface area (Å²) in [6.07, 6.45) is -1.89. The Labute approximate surface area is 96.5 Å². The minimum Gasteiger partial charge on any atom is -0.480 e. The highest BCUT2D eigenvalue weighted by atomic mass is 19.3. The van der Waals surface area contributed by atoms with Gasteiger partial charge in [-0.25, -0.2) is 18.6 Å². The maximum Gasteiger partial charge on any atom is 0.344 e. The molecular formula is C10H12F2N2O3. The molecule has 0 saturated heterocycles. The molecule has 0 saturated carbocycles. The zero-order chi connectivity index (χ0) is 13.0. The number of alkyl halides is 2. The number of carbonyl (C=O) groups is 1. The van der Waals surface area contributed by atoms with Gasteiger partial charge in [0.05, 0.1) is 31.2 Å². The minimum absolute atomic E-state index is 0.0550. The van der Waals surface area contributed by atoms with Crippen molar-refractivity contribution >= 4 is 11.7 Å². The number of hydrogen-bond acceptors (Lipinski definition) is 5. The minimum atomic E-state index is -2.91. The molecule has 0 aliphatic heterocycles. The largest absolute Gasteiger partial charge is 0.480 e. The zero-order valence-electron chi connectivity index (χ0n) is 9.37. The lowest BCUT2D eigenvalue weighted by molar-refractivity contribution is 0.0510. The van der Waals surface area contributed by atoms with Gasteiger partial charge in [0.15, 0.2) is 0 Å². The zero-order valence-corrected chi connectivity index (χ0v) is 9.37. The van der Waals surface area contributed by atoms with E-state index < -0.39 is 23.5 Å². The van der Waals surface area contributed by atoms with Crippen molar-refractivity contribution in [2.45, 2.75) is 13.3 Å². The number of pyridine rings is 1. The van der Waals surface area contributed by atoms with Crippen LogP contribution in [0.3, 0.4) is 0 Å². The Morgan fingerprint density at radius 1 is 1.59 bits per heavy atom. The Hall–Kier alpha value is -1.92. The molecule has 0 fully saturated rings. The summed E-state index contributed by atoms with van der Waals surface area (Å²) in [5, 5.41) is 0. The molecule has 1 heterocycles. The van der Waals surface area contributed by atoms with Gasteiger partial charge in [-0.2, -0.15) is 0 Å². The van der Waals surface area contributed by atoms with Gasteiger partial charge in [0.2, 0.25) is 5.88 Å². The Bertz CT molecular complexity index is 424. The standard InChI is InChI=1S/C10H12F2N2O3/c1-3-17-10(15)7-6(8(11)12)5(13)4-14-9(7)16-2/h4,8H,3,13H2,1-2H3. The second-order valence-corrected chi connectivity index (χ2v) is 3.03. The summed E-state index contributed by atoms with van der Waals surface area (Å²) >= 11 is 0. The van der Waals surface area contributed by atoms with Gasteiger partial charge < -0.3 is 15.2 Å². The third-order valence-electron chi connectivity index (χ3n) is 2.01. The van der Waals surface area contributed by atoms with E-state index in [1.165, 1.54) is 7.11 Å². The number of carbonyl (C=O) groups excluding carboxylic acids is 1. The van der Waals surface area contributed by atoms with Crippen molar-refractivity contribution in [2.75, 3.05) is 19.5 Å². The van der Waals surface area contributed by atoms with Crippen LogP contribution in [0.1, 0.15) is 29.3 Å². The molecule has 5 nitrogen and oxygen atoms in total. The third-order valence-corrected chi connectivity index (χ3v) is 2.01. The Morgan fingerprint density at radius 3 is 2.71 bits per heavy atom. The molecule has 17 heavy (non-hydrogen) atoms. The van der Waals surface area contributed by atoms with Crippen LogP contribution in [0, 0.1) is 0 Å². The van der Waals surface area contributed by atoms with Crippen molar-refractivity contribution in [3.05, 3.63) is 17.3 Å². The van der Waals surface area contributed by atoms with Gasteiger partial charge in [-0.3, -0.25) is 0 Å². The van der Waals surface area contributed by atoms with E-state index in [4.69, 9.17) is 10.5 Å². The maximum absolute atomic E-state index is 12.8. The fourth-order valence-corrected chi connectivity index (χ4v) is 1.31. The SMILES string of the molecule is CCOC(=O)c1c(OC)ncc(N)c1C(F)F. The average Bonchev–Trinajstić information content (AvgIpc) is 2.28. The molecule has 0 aromatic carbocycles. The lowest BCUT2D eigenvalue weighted by Gasteiger charge is -2.13. The van der Waals surface area contributed by atoms with Crippen LogP contribution in [0.15, 0.2) is 6.20 Å². The fourth-order valence-electron chi connectivity index (χ4n) is 1.31. The predicted octanol–water partition coefficient (Wildman–Crippen LogP) is 1.79. The van der Waals surface area contributed by atoms with Crippen molar-refractivity contribution in [3.8, 4) is 5.88 Å². The summed E-state index contributed by atoms with van der Waals surface area (Å²) in [4.78, 5) is 15.2. The summed E-state index contributed by atoms with van der Waals surface area (Å²) in [7, 11) is 1.22. The predicted molar refractivity (Wildman–Crippen MR) is 56.1 cm³/mol. The molecule has 0 unspecified atom stereocenters. The number of nitrogen functional groups attached to an aromatic ring is 1. The highest BCUT2D eigenvalue weighted by Crippen LogP contribution is 2.33. The van der Waals surface area contributed by atoms with Crippen LogP contribution in [0.2, 0.25) is 0 Å². The summed E-state index contributed by atoms with van der Waals surface area (Å²) in [6.45, 7) is 1.62. The normalized spacial score (nSPS) is 10.4. The van der Waals surface area contributed by atoms with Crippen molar-refractivity contribution in [3.63, 3.8) is 0 Å². The van der Waals surface area contributed by atoms with Crippen LogP contribution in [-0.4, -0.2) is 24.7 Å². The van der Waals surface area contributed by atoms with E-state index in [2.05, 4.69) is 9.72 Å². The number of hydrogen-bond donors (Lipinski definition) is 1. The monoisotopic (exact) mass is 246 g/mol. The van der Waals surface area contributed by atoms with Crippen LogP contribution in [0.4, 0.5) is 14.5 Å². The number of nitrogens with zero attached hydrogens (tertiary/aromatic N) is 1. The topological polar surface area (TPSA) is 74.4 Å². The Kier molecular flexibility index (Phi) is 4.19. The molecule has 0 bridgehead atoms. The number of nitrogens with two attached hydrogens (primary N) is 1. The van der Waals surface area contributed by atoms with Crippen molar-refractivity contribution in [1.82, 2.24) is 4.98 Å². The molecule has 2 N–H and O–H groups in total. The molecule has 1 aromatic heterocycles. The van der Waals surface area contributed by atoms with Crippen LogP contribution in [0.5, 0.6) is 5.88 Å². The van der Waals surface area contributed by atoms with Crippen LogP contribution >= 0.6 is 0 Å². The first-order valence-corrected chi connectivity index (χ1v) is 4.80. The van der Waals surface area contributed by atoms with Crippen LogP contribution in [-0.2, 0) is 4.74 Å². The molecule has 1 aromatic rings. The first-order chi connectivity index (χ1) is 8.02. The molecule has 1 rings (SSSR count). The van der Waals surface area contributed by atoms with Gasteiger partial charge in [-0.1, -0.05) is 0 Å². The molecule has 0 spiro atoms. The summed E-state index contributed by atoms with van der Waals surface area (Å²) in [6, 6.07) is 0. The highest BCUT2D eigenvalue weighted by Gasteiger charge is 2.27. The molecule has 0 aliphatic rings. The number of esters is 1. The number of ether oxygens (including phenoxy) is 2. The van der Waals surface area contributed by atoms with Gasteiger partial charge in [-0.15, -0.1) is 0 Å². The Morgan fingerprint density at radius 2 is 2.24 bits per heavy atom. The van der Waals surface area contributed by atoms with Gasteiger partial charge >= 0.3 is 5.97 Å². The van der Waals surface area contributed by atoms with Gasteiger partial charge in [0.1, 0.15) is 5.56 Å². The summed E-state index contributed by atoms with van der Waals surface area (Å²) in [5.74, 6) is -1.16. The van der Waals surface area contributed by atoms with E-state index in [0.29, 0.717) is 0 Å². The number of methoxy groups -OCH3 is 1. The van der Waals surface area contributed by atoms with E-state index in [9.17, 15) is 13.6 Å². The molecule has 0 aliphatic carbocycles. The molecule has 94 valence electrons. The van der Waals surface area contributed by atoms with E-state index in [-0.39, 0.29) is 18.2 Å². The fraction of sp³-hybridized carbons (Fsp3) is 0.400. The van der Waals surface area contributed by atoms with Gasteiger partial charge in [-0.05, 0) is 6.92 Å². The second-order valence-electron chi connectivity index (χ2n) is 3.03. The molecule has 0 atom stereocenters. The molecule has 0 amide bonds. The number of aromatic nitrogens is 1. The summed E-state index contributed by atoms with van der Waals surface area (Å²) < 4.78 is 35.1. The molecular weight excluding hydrogens is 234 g/mol. The molecule has 7 heteroatoms. The quantitative estimate of drug-likeness (QED) is 0.820. The second kappa shape index (κ2) is 5.42. The lowest BCUT2D eigenvalue weighted by Crippen LogP contribution is -2.13. The first-order valence-electron chi connectivity index (χ1n) is 4.80. The van der Waals surface area contributed by atoms with Crippen LogP contribution < -0.4 is 10.5 Å². The van der Waals surface area contributed by atoms with Crippen molar-refractivity contribution < 1.29 is 23.0 Å². The average molecular weight is 246 g/mol. The highest BCUT2D eigenvalue weighted by molar-refractivity contribution is 5.95. The number of rotatable bonds is 4. The third kappa shape index (κ3) is 2.61. The summed E-state index contributed by atoms with van der Waals surface area (Å²) in [5.41, 5.74) is 4.06.